The molecule has 2 N–H and O–H groups in total. The number of aryl methyl sites for hydroxylation is 1. The maximum atomic E-state index is 10.5. The third kappa shape index (κ3) is 12.1. The van der Waals surface area contributed by atoms with Gasteiger partial charge < -0.3 is 10.1 Å². The second kappa shape index (κ2) is 11.9. The van der Waals surface area contributed by atoms with Crippen molar-refractivity contribution in [1.29, 1.82) is 0 Å². The van der Waals surface area contributed by atoms with Gasteiger partial charge in [0.05, 0.1) is 11.5 Å². The zero-order valence-corrected chi connectivity index (χ0v) is 14.5. The Labute approximate surface area is 132 Å². The van der Waals surface area contributed by atoms with E-state index in [1.807, 2.05) is 21.0 Å². The van der Waals surface area contributed by atoms with Crippen LogP contribution in [0, 0.1) is 6.92 Å². The minimum absolute atomic E-state index is 0.0666. The number of nitrogens with one attached hydrogen (secondary N) is 1. The van der Waals surface area contributed by atoms with Crippen molar-refractivity contribution in [2.45, 2.75) is 25.7 Å². The molecule has 0 fully saturated rings. The van der Waals surface area contributed by atoms with Gasteiger partial charge in [-0.25, -0.2) is 4.79 Å². The highest BCUT2D eigenvalue weighted by Crippen LogP contribution is 2.08. The molecule has 0 saturated heterocycles. The molecule has 1 aromatic rings. The highest BCUT2D eigenvalue weighted by molar-refractivity contribution is 7.85. The van der Waals surface area contributed by atoms with E-state index in [4.69, 9.17) is 4.55 Å². The van der Waals surface area contributed by atoms with Crippen LogP contribution in [0.5, 0.6) is 0 Å². The minimum atomic E-state index is -4.02. The van der Waals surface area contributed by atoms with E-state index in [0.717, 1.165) is 5.56 Å². The van der Waals surface area contributed by atoms with Crippen molar-refractivity contribution in [2.24, 2.45) is 0 Å². The first kappa shape index (κ1) is 22.6. The Hall–Kier alpha value is -1.70. The largest absolute Gasteiger partial charge is 0.463 e. The molecule has 1 aromatic carbocycles. The number of esters is 1. The van der Waals surface area contributed by atoms with Gasteiger partial charge in [0.15, 0.2) is 0 Å². The fraction of sp³-hybridized carbons (Fsp3) is 0.400. The Morgan fingerprint density at radius 3 is 1.91 bits per heavy atom. The van der Waals surface area contributed by atoms with Crippen molar-refractivity contribution < 1.29 is 22.5 Å². The molecule has 22 heavy (non-hydrogen) atoms. The highest BCUT2D eigenvalue weighted by atomic mass is 32.2. The molecule has 0 unspecified atom stereocenters. The maximum Gasteiger partial charge on any atom is 0.333 e. The van der Waals surface area contributed by atoms with Crippen LogP contribution in [-0.2, 0) is 19.6 Å². The third-order valence-electron chi connectivity index (χ3n) is 1.94. The molecular weight excluding hydrogens is 306 g/mol. The molecule has 0 heterocycles. The van der Waals surface area contributed by atoms with Gasteiger partial charge >= 0.3 is 5.97 Å². The average molecular weight is 331 g/mol. The molecular formula is C15H25NO5S. The summed E-state index contributed by atoms with van der Waals surface area (Å²) >= 11 is 0. The fourth-order valence-corrected chi connectivity index (χ4v) is 1.44. The Balaban J connectivity index is 0. The van der Waals surface area contributed by atoms with Crippen molar-refractivity contribution in [1.82, 2.24) is 5.32 Å². The lowest BCUT2D eigenvalue weighted by Crippen LogP contribution is -2.03. The zero-order chi connectivity index (χ0) is 17.8. The minimum Gasteiger partial charge on any atom is -0.463 e. The van der Waals surface area contributed by atoms with Gasteiger partial charge in [0, 0.05) is 5.57 Å². The molecule has 6 nitrogen and oxygen atoms in total. The molecule has 0 saturated carbocycles. The number of rotatable bonds is 3. The Morgan fingerprint density at radius 1 is 1.27 bits per heavy atom. The normalized spacial score (nSPS) is 9.55. The first-order valence-electron chi connectivity index (χ1n) is 6.55. The van der Waals surface area contributed by atoms with Crippen LogP contribution in [-0.4, -0.2) is 39.6 Å². The Bertz CT molecular complexity index is 550. The van der Waals surface area contributed by atoms with E-state index in [-0.39, 0.29) is 10.9 Å². The summed E-state index contributed by atoms with van der Waals surface area (Å²) in [5, 5.41) is 2.75. The number of carbonyl (C=O) groups excluding carboxylic acids is 1. The number of ether oxygens (including phenoxy) is 1. The molecule has 7 heteroatoms. The maximum absolute atomic E-state index is 10.5. The van der Waals surface area contributed by atoms with Crippen molar-refractivity contribution in [3.05, 3.63) is 42.0 Å². The molecule has 0 amide bonds. The second-order valence-corrected chi connectivity index (χ2v) is 5.71. The lowest BCUT2D eigenvalue weighted by Gasteiger charge is -1.96. The SMILES string of the molecule is C=C(C)C(=O)OCC.CNC.Cc1ccc(S(=O)(=O)O)cc1. The van der Waals surface area contributed by atoms with E-state index in [1.54, 1.807) is 26.0 Å². The Morgan fingerprint density at radius 2 is 1.68 bits per heavy atom. The summed E-state index contributed by atoms with van der Waals surface area (Å²) in [6.45, 7) is 9.05. The van der Waals surface area contributed by atoms with E-state index in [0.29, 0.717) is 12.2 Å². The van der Waals surface area contributed by atoms with E-state index >= 15 is 0 Å². The van der Waals surface area contributed by atoms with E-state index in [1.165, 1.54) is 12.1 Å². The molecule has 0 atom stereocenters. The summed E-state index contributed by atoms with van der Waals surface area (Å²) in [7, 11) is -0.270. The fourth-order valence-electron chi connectivity index (χ4n) is 0.965. The van der Waals surface area contributed by atoms with Crippen LogP contribution in [0.25, 0.3) is 0 Å². The van der Waals surface area contributed by atoms with Crippen molar-refractivity contribution in [3.63, 3.8) is 0 Å². The molecule has 0 aliphatic carbocycles. The molecule has 0 spiro atoms. The Kier molecular flexibility index (Phi) is 12.2. The third-order valence-corrected chi connectivity index (χ3v) is 2.81. The number of hydrogen-bond donors (Lipinski definition) is 2. The van der Waals surface area contributed by atoms with Gasteiger partial charge in [0.2, 0.25) is 0 Å². The highest BCUT2D eigenvalue weighted by Gasteiger charge is 2.06. The summed E-state index contributed by atoms with van der Waals surface area (Å²) in [6, 6.07) is 5.99. The summed E-state index contributed by atoms with van der Waals surface area (Å²) in [6.07, 6.45) is 0. The van der Waals surface area contributed by atoms with Crippen molar-refractivity contribution in [2.75, 3.05) is 20.7 Å². The van der Waals surface area contributed by atoms with Crippen LogP contribution < -0.4 is 5.32 Å². The molecule has 0 aliphatic heterocycles. The van der Waals surface area contributed by atoms with Gasteiger partial charge in [0.25, 0.3) is 10.1 Å². The lowest BCUT2D eigenvalue weighted by molar-refractivity contribution is -0.138. The summed E-state index contributed by atoms with van der Waals surface area (Å²) in [5.74, 6) is -0.312. The zero-order valence-electron chi connectivity index (χ0n) is 13.7. The summed E-state index contributed by atoms with van der Waals surface area (Å²) in [5.41, 5.74) is 1.41. The molecule has 0 aromatic heterocycles. The van der Waals surface area contributed by atoms with Gasteiger partial charge in [-0.15, -0.1) is 0 Å². The van der Waals surface area contributed by atoms with Crippen LogP contribution in [0.3, 0.4) is 0 Å². The molecule has 0 aliphatic rings. The van der Waals surface area contributed by atoms with Gasteiger partial charge in [-0.2, -0.15) is 8.42 Å². The second-order valence-electron chi connectivity index (χ2n) is 4.29. The van der Waals surface area contributed by atoms with Crippen LogP contribution in [0.4, 0.5) is 0 Å². The van der Waals surface area contributed by atoms with Crippen LogP contribution in [0.2, 0.25) is 0 Å². The average Bonchev–Trinajstić information content (AvgIpc) is 2.40. The van der Waals surface area contributed by atoms with Crippen LogP contribution in [0.1, 0.15) is 19.4 Å². The van der Waals surface area contributed by atoms with Gasteiger partial charge in [0.1, 0.15) is 0 Å². The van der Waals surface area contributed by atoms with Crippen molar-refractivity contribution >= 4 is 16.1 Å². The standard InChI is InChI=1S/C7H8O3S.C6H10O2.C2H7N/c1-6-2-4-7(5-3-6)11(8,9)10;1-4-8-6(7)5(2)3;1-3-2/h2-5H,1H3,(H,8,9,10);2,4H2,1,3H3;3H,1-2H3. The summed E-state index contributed by atoms with van der Waals surface area (Å²) in [4.78, 5) is 10.4. The smallest absolute Gasteiger partial charge is 0.333 e. The number of benzene rings is 1. The van der Waals surface area contributed by atoms with Crippen LogP contribution in [0.15, 0.2) is 41.3 Å². The van der Waals surface area contributed by atoms with Crippen molar-refractivity contribution in [3.8, 4) is 0 Å². The number of carbonyl (C=O) groups is 1. The van der Waals surface area contributed by atoms with Gasteiger partial charge in [-0.05, 0) is 47.0 Å². The van der Waals surface area contributed by atoms with E-state index in [9.17, 15) is 13.2 Å². The molecule has 0 radical (unpaired) electrons. The van der Waals surface area contributed by atoms with Crippen LogP contribution >= 0.6 is 0 Å². The summed E-state index contributed by atoms with van der Waals surface area (Å²) < 4.78 is 34.1. The van der Waals surface area contributed by atoms with E-state index in [2.05, 4.69) is 16.6 Å². The molecule has 1 rings (SSSR count). The predicted molar refractivity (Wildman–Crippen MR) is 87.4 cm³/mol. The molecule has 0 bridgehead atoms. The predicted octanol–water partition coefficient (Wildman–Crippen LogP) is 2.20. The van der Waals surface area contributed by atoms with E-state index < -0.39 is 10.1 Å². The van der Waals surface area contributed by atoms with Gasteiger partial charge in [-0.3, -0.25) is 4.55 Å². The molecule has 126 valence electrons. The van der Waals surface area contributed by atoms with Gasteiger partial charge in [-0.1, -0.05) is 24.3 Å². The monoisotopic (exact) mass is 331 g/mol. The first-order valence-corrected chi connectivity index (χ1v) is 7.99. The number of hydrogen-bond acceptors (Lipinski definition) is 5. The first-order chi connectivity index (χ1) is 10.1. The quantitative estimate of drug-likeness (QED) is 0.501. The topological polar surface area (TPSA) is 92.7 Å². The lowest BCUT2D eigenvalue weighted by atomic mass is 10.2.